The summed E-state index contributed by atoms with van der Waals surface area (Å²) in [7, 11) is 0. The summed E-state index contributed by atoms with van der Waals surface area (Å²) >= 11 is 0. The van der Waals surface area contributed by atoms with Crippen molar-refractivity contribution in [3.8, 4) is 5.75 Å². The first-order chi connectivity index (χ1) is 8.65. The fourth-order valence-electron chi connectivity index (χ4n) is 1.59. The Bertz CT molecular complexity index is 356. The third-order valence-corrected chi connectivity index (χ3v) is 2.39. The summed E-state index contributed by atoms with van der Waals surface area (Å²) in [6.07, 6.45) is 0.611. The minimum Gasteiger partial charge on any atom is -0.488 e. The maximum absolute atomic E-state index is 13.6. The molecule has 0 saturated carbocycles. The Morgan fingerprint density at radius 1 is 1.28 bits per heavy atom. The first-order valence-corrected chi connectivity index (χ1v) is 6.33. The van der Waals surface area contributed by atoms with Gasteiger partial charge in [-0.3, -0.25) is 0 Å². The molecule has 0 atom stereocenters. The molecule has 1 aromatic carbocycles. The standard InChI is InChI=1S/C14H22FNO2/c1-11(2)10-17-8-9-18-14-12(6-7-16)4-3-5-13(14)15/h3-5,11H,6-10,16H2,1-2H3. The Labute approximate surface area is 108 Å². The molecule has 0 fully saturated rings. The molecule has 0 spiro atoms. The summed E-state index contributed by atoms with van der Waals surface area (Å²) < 4.78 is 24.4. The van der Waals surface area contributed by atoms with Gasteiger partial charge < -0.3 is 15.2 Å². The molecule has 2 N–H and O–H groups in total. The van der Waals surface area contributed by atoms with E-state index in [4.69, 9.17) is 15.2 Å². The maximum atomic E-state index is 13.6. The van der Waals surface area contributed by atoms with Crippen LogP contribution in [0.5, 0.6) is 5.75 Å². The number of hydrogen-bond acceptors (Lipinski definition) is 3. The van der Waals surface area contributed by atoms with Crippen molar-refractivity contribution in [1.82, 2.24) is 0 Å². The van der Waals surface area contributed by atoms with Crippen LogP contribution in [0.3, 0.4) is 0 Å². The van der Waals surface area contributed by atoms with E-state index in [2.05, 4.69) is 13.8 Å². The number of ether oxygens (including phenoxy) is 2. The van der Waals surface area contributed by atoms with Gasteiger partial charge >= 0.3 is 0 Å². The second kappa shape index (κ2) is 8.06. The molecule has 0 aliphatic carbocycles. The number of hydrogen-bond donors (Lipinski definition) is 1. The van der Waals surface area contributed by atoms with E-state index in [-0.39, 0.29) is 5.82 Å². The van der Waals surface area contributed by atoms with Crippen molar-refractivity contribution in [3.63, 3.8) is 0 Å². The summed E-state index contributed by atoms with van der Waals surface area (Å²) in [4.78, 5) is 0. The lowest BCUT2D eigenvalue weighted by Gasteiger charge is -2.12. The molecule has 0 aromatic heterocycles. The lowest BCUT2D eigenvalue weighted by Crippen LogP contribution is -2.12. The lowest BCUT2D eigenvalue weighted by molar-refractivity contribution is 0.0805. The predicted octanol–water partition coefficient (Wildman–Crippen LogP) is 2.38. The topological polar surface area (TPSA) is 44.5 Å². The molecular weight excluding hydrogens is 233 g/mol. The molecule has 0 heterocycles. The quantitative estimate of drug-likeness (QED) is 0.725. The smallest absolute Gasteiger partial charge is 0.165 e. The molecule has 0 amide bonds. The van der Waals surface area contributed by atoms with Gasteiger partial charge in [-0.15, -0.1) is 0 Å². The van der Waals surface area contributed by atoms with Gasteiger partial charge in [0.05, 0.1) is 6.61 Å². The van der Waals surface area contributed by atoms with Crippen LogP contribution in [0.15, 0.2) is 18.2 Å². The van der Waals surface area contributed by atoms with Gasteiger partial charge in [-0.25, -0.2) is 4.39 Å². The van der Waals surface area contributed by atoms with E-state index < -0.39 is 0 Å². The van der Waals surface area contributed by atoms with Crippen molar-refractivity contribution in [2.24, 2.45) is 11.7 Å². The van der Waals surface area contributed by atoms with Crippen LogP contribution in [-0.4, -0.2) is 26.4 Å². The number of benzene rings is 1. The Morgan fingerprint density at radius 2 is 2.06 bits per heavy atom. The zero-order valence-electron chi connectivity index (χ0n) is 11.1. The Hall–Kier alpha value is -1.13. The van der Waals surface area contributed by atoms with E-state index in [0.717, 1.165) is 5.56 Å². The highest BCUT2D eigenvalue weighted by molar-refractivity contribution is 5.35. The van der Waals surface area contributed by atoms with Gasteiger partial charge in [0.25, 0.3) is 0 Å². The van der Waals surface area contributed by atoms with Crippen LogP contribution in [0.4, 0.5) is 4.39 Å². The second-order valence-corrected chi connectivity index (χ2v) is 4.58. The average molecular weight is 255 g/mol. The largest absolute Gasteiger partial charge is 0.488 e. The Kier molecular flexibility index (Phi) is 6.68. The van der Waals surface area contributed by atoms with Gasteiger partial charge in [0.15, 0.2) is 11.6 Å². The first kappa shape index (κ1) is 14.9. The summed E-state index contributed by atoms with van der Waals surface area (Å²) in [5.74, 6) is 0.451. The highest BCUT2D eigenvalue weighted by Crippen LogP contribution is 2.22. The molecule has 0 saturated heterocycles. The molecule has 4 heteroatoms. The zero-order valence-corrected chi connectivity index (χ0v) is 11.1. The van der Waals surface area contributed by atoms with E-state index in [1.165, 1.54) is 6.07 Å². The van der Waals surface area contributed by atoms with Gasteiger partial charge in [0, 0.05) is 6.61 Å². The minimum atomic E-state index is -0.343. The monoisotopic (exact) mass is 255 g/mol. The first-order valence-electron chi connectivity index (χ1n) is 6.33. The summed E-state index contributed by atoms with van der Waals surface area (Å²) in [6, 6.07) is 4.90. The highest BCUT2D eigenvalue weighted by atomic mass is 19.1. The Balaban J connectivity index is 2.45. The fourth-order valence-corrected chi connectivity index (χ4v) is 1.59. The van der Waals surface area contributed by atoms with Crippen LogP contribution in [0.2, 0.25) is 0 Å². The van der Waals surface area contributed by atoms with Crippen molar-refractivity contribution in [2.75, 3.05) is 26.4 Å². The number of para-hydroxylation sites is 1. The second-order valence-electron chi connectivity index (χ2n) is 4.58. The molecule has 102 valence electrons. The molecule has 1 aromatic rings. The highest BCUT2D eigenvalue weighted by Gasteiger charge is 2.09. The number of nitrogens with two attached hydrogens (primary N) is 1. The normalized spacial score (nSPS) is 10.9. The molecule has 18 heavy (non-hydrogen) atoms. The van der Waals surface area contributed by atoms with E-state index >= 15 is 0 Å². The molecular formula is C14H22FNO2. The van der Waals surface area contributed by atoms with Crippen molar-refractivity contribution in [3.05, 3.63) is 29.6 Å². The SMILES string of the molecule is CC(C)COCCOc1c(F)cccc1CCN. The van der Waals surface area contributed by atoms with Crippen LogP contribution < -0.4 is 10.5 Å². The number of halogens is 1. The van der Waals surface area contributed by atoms with E-state index in [9.17, 15) is 4.39 Å². The summed E-state index contributed by atoms with van der Waals surface area (Å²) in [5.41, 5.74) is 6.29. The summed E-state index contributed by atoms with van der Waals surface area (Å²) in [6.45, 7) is 6.15. The van der Waals surface area contributed by atoms with Crippen molar-refractivity contribution in [2.45, 2.75) is 20.3 Å². The molecule has 3 nitrogen and oxygen atoms in total. The average Bonchev–Trinajstić information content (AvgIpc) is 2.32. The fraction of sp³-hybridized carbons (Fsp3) is 0.571. The molecule has 0 bridgehead atoms. The van der Waals surface area contributed by atoms with E-state index in [1.54, 1.807) is 6.07 Å². The third kappa shape index (κ3) is 5.02. The molecule has 0 aliphatic heterocycles. The third-order valence-electron chi connectivity index (χ3n) is 2.39. The van der Waals surface area contributed by atoms with Crippen molar-refractivity contribution >= 4 is 0 Å². The molecule has 1 rings (SSSR count). The molecule has 0 aliphatic rings. The lowest BCUT2D eigenvalue weighted by atomic mass is 10.1. The van der Waals surface area contributed by atoms with E-state index in [0.29, 0.717) is 44.5 Å². The van der Waals surface area contributed by atoms with E-state index in [1.807, 2.05) is 6.07 Å². The van der Waals surface area contributed by atoms with Gasteiger partial charge in [-0.05, 0) is 30.5 Å². The number of rotatable bonds is 8. The van der Waals surface area contributed by atoms with Gasteiger partial charge in [-0.2, -0.15) is 0 Å². The van der Waals surface area contributed by atoms with Gasteiger partial charge in [-0.1, -0.05) is 26.0 Å². The van der Waals surface area contributed by atoms with Crippen LogP contribution in [0.1, 0.15) is 19.4 Å². The molecule has 0 unspecified atom stereocenters. The van der Waals surface area contributed by atoms with Crippen LogP contribution in [0, 0.1) is 11.7 Å². The zero-order chi connectivity index (χ0) is 13.4. The Morgan fingerprint density at radius 3 is 2.72 bits per heavy atom. The predicted molar refractivity (Wildman–Crippen MR) is 70.3 cm³/mol. The van der Waals surface area contributed by atoms with Crippen LogP contribution >= 0.6 is 0 Å². The summed E-state index contributed by atoms with van der Waals surface area (Å²) in [5, 5.41) is 0. The maximum Gasteiger partial charge on any atom is 0.165 e. The van der Waals surface area contributed by atoms with Crippen molar-refractivity contribution in [1.29, 1.82) is 0 Å². The van der Waals surface area contributed by atoms with Crippen LogP contribution in [-0.2, 0) is 11.2 Å². The van der Waals surface area contributed by atoms with Crippen molar-refractivity contribution < 1.29 is 13.9 Å². The van der Waals surface area contributed by atoms with Gasteiger partial charge in [0.2, 0.25) is 0 Å². The minimum absolute atomic E-state index is 0.302. The van der Waals surface area contributed by atoms with Crippen LogP contribution in [0.25, 0.3) is 0 Å². The molecule has 0 radical (unpaired) electrons. The van der Waals surface area contributed by atoms with Gasteiger partial charge in [0.1, 0.15) is 6.61 Å².